The van der Waals surface area contributed by atoms with E-state index in [0.29, 0.717) is 17.0 Å². The van der Waals surface area contributed by atoms with Crippen LogP contribution in [0.3, 0.4) is 0 Å². The summed E-state index contributed by atoms with van der Waals surface area (Å²) in [4.78, 5) is 4.58. The zero-order chi connectivity index (χ0) is 16.3. The third-order valence-corrected chi connectivity index (χ3v) is 4.77. The van der Waals surface area contributed by atoms with Crippen LogP contribution in [0.1, 0.15) is 17.5 Å². The minimum atomic E-state index is -4.45. The maximum Gasteiger partial charge on any atom is 0.417 e. The van der Waals surface area contributed by atoms with Crippen molar-refractivity contribution < 1.29 is 13.2 Å². The van der Waals surface area contributed by atoms with E-state index in [1.165, 1.54) is 6.07 Å². The maximum atomic E-state index is 12.9. The smallest absolute Gasteiger partial charge is 0.304 e. The Bertz CT molecular complexity index is 512. The van der Waals surface area contributed by atoms with E-state index in [4.69, 9.17) is 23.2 Å². The average molecular weight is 355 g/mol. The van der Waals surface area contributed by atoms with Gasteiger partial charge in [-0.2, -0.15) is 13.2 Å². The van der Waals surface area contributed by atoms with Crippen molar-refractivity contribution in [2.75, 3.05) is 39.8 Å². The van der Waals surface area contributed by atoms with Gasteiger partial charge in [-0.15, -0.1) is 0 Å². The largest absolute Gasteiger partial charge is 0.417 e. The number of piperazine rings is 1. The van der Waals surface area contributed by atoms with Crippen LogP contribution in [0.25, 0.3) is 0 Å². The first-order valence-corrected chi connectivity index (χ1v) is 7.99. The van der Waals surface area contributed by atoms with Crippen molar-refractivity contribution in [2.45, 2.75) is 19.0 Å². The lowest BCUT2D eigenvalue weighted by Gasteiger charge is -2.32. The molecule has 0 atom stereocenters. The molecule has 0 unspecified atom stereocenters. The first-order chi connectivity index (χ1) is 10.3. The molecule has 1 aromatic rings. The van der Waals surface area contributed by atoms with Gasteiger partial charge < -0.3 is 9.80 Å². The van der Waals surface area contributed by atoms with Crippen LogP contribution in [-0.2, 0) is 12.6 Å². The molecule has 1 aliphatic heterocycles. The predicted molar refractivity (Wildman–Crippen MR) is 83.7 cm³/mol. The van der Waals surface area contributed by atoms with Crippen molar-refractivity contribution in [3.8, 4) is 0 Å². The number of hydrogen-bond donors (Lipinski definition) is 0. The van der Waals surface area contributed by atoms with Gasteiger partial charge in [-0.3, -0.25) is 0 Å². The standard InChI is InChI=1S/C15H19Cl2F3N2/c1-21-7-9-22(10-8-21)6-2-3-11-13(16)5-4-12(14(11)17)15(18,19)20/h4-5H,2-3,6-10H2,1H3. The Kier molecular flexibility index (Phi) is 6.00. The molecule has 0 radical (unpaired) electrons. The molecule has 22 heavy (non-hydrogen) atoms. The fourth-order valence-corrected chi connectivity index (χ4v) is 3.26. The molecule has 2 nitrogen and oxygen atoms in total. The molecular weight excluding hydrogens is 336 g/mol. The lowest BCUT2D eigenvalue weighted by atomic mass is 10.1. The van der Waals surface area contributed by atoms with Gasteiger partial charge in [0, 0.05) is 31.2 Å². The topological polar surface area (TPSA) is 6.48 Å². The minimum absolute atomic E-state index is 0.265. The molecule has 1 fully saturated rings. The van der Waals surface area contributed by atoms with E-state index in [1.54, 1.807) is 0 Å². The fraction of sp³-hybridized carbons (Fsp3) is 0.600. The van der Waals surface area contributed by atoms with Crippen molar-refractivity contribution in [3.63, 3.8) is 0 Å². The van der Waals surface area contributed by atoms with Crippen LogP contribution in [-0.4, -0.2) is 49.6 Å². The normalized spacial score (nSPS) is 17.9. The van der Waals surface area contributed by atoms with Crippen molar-refractivity contribution in [3.05, 3.63) is 33.3 Å². The number of nitrogens with zero attached hydrogens (tertiary/aromatic N) is 2. The van der Waals surface area contributed by atoms with Gasteiger partial charge in [0.25, 0.3) is 0 Å². The van der Waals surface area contributed by atoms with Crippen molar-refractivity contribution >= 4 is 23.2 Å². The number of benzene rings is 1. The Hall–Kier alpha value is -0.490. The Morgan fingerprint density at radius 3 is 2.32 bits per heavy atom. The number of alkyl halides is 3. The number of likely N-dealkylation sites (N-methyl/N-ethyl adjacent to an activating group) is 1. The summed E-state index contributed by atoms with van der Waals surface area (Å²) in [6.45, 7) is 4.86. The molecule has 1 saturated heterocycles. The molecular formula is C15H19Cl2F3N2. The third kappa shape index (κ3) is 4.51. The van der Waals surface area contributed by atoms with Crippen LogP contribution in [0.2, 0.25) is 10.0 Å². The molecule has 124 valence electrons. The van der Waals surface area contributed by atoms with Gasteiger partial charge in [0.2, 0.25) is 0 Å². The highest BCUT2D eigenvalue weighted by Crippen LogP contribution is 2.39. The summed E-state index contributed by atoms with van der Waals surface area (Å²) in [7, 11) is 2.08. The summed E-state index contributed by atoms with van der Waals surface area (Å²) in [5, 5.41) is 0.0368. The van der Waals surface area contributed by atoms with Gasteiger partial charge in [0.15, 0.2) is 0 Å². The molecule has 0 aromatic heterocycles. The number of hydrogen-bond acceptors (Lipinski definition) is 2. The fourth-order valence-electron chi connectivity index (χ4n) is 2.60. The van der Waals surface area contributed by atoms with E-state index in [9.17, 15) is 13.2 Å². The highest BCUT2D eigenvalue weighted by atomic mass is 35.5. The van der Waals surface area contributed by atoms with Crippen LogP contribution in [0.5, 0.6) is 0 Å². The van der Waals surface area contributed by atoms with E-state index in [0.717, 1.165) is 45.2 Å². The number of rotatable bonds is 4. The Morgan fingerprint density at radius 1 is 1.09 bits per heavy atom. The second-order valence-electron chi connectivity index (χ2n) is 5.63. The van der Waals surface area contributed by atoms with Gasteiger partial charge >= 0.3 is 6.18 Å². The van der Waals surface area contributed by atoms with E-state index in [-0.39, 0.29) is 5.02 Å². The molecule has 0 amide bonds. The summed E-state index contributed by atoms with van der Waals surface area (Å²) in [5.41, 5.74) is -0.416. The van der Waals surface area contributed by atoms with E-state index in [1.807, 2.05) is 0 Å². The van der Waals surface area contributed by atoms with E-state index >= 15 is 0 Å². The Balaban J connectivity index is 1.98. The monoisotopic (exact) mass is 354 g/mol. The van der Waals surface area contributed by atoms with Crippen molar-refractivity contribution in [1.29, 1.82) is 0 Å². The first-order valence-electron chi connectivity index (χ1n) is 7.24. The number of halogens is 5. The summed E-state index contributed by atoms with van der Waals surface area (Å²) in [6, 6.07) is 2.22. The van der Waals surface area contributed by atoms with Crippen LogP contribution >= 0.6 is 23.2 Å². The maximum absolute atomic E-state index is 12.9. The molecule has 0 spiro atoms. The summed E-state index contributed by atoms with van der Waals surface area (Å²) in [5.74, 6) is 0. The first kappa shape index (κ1) is 17.9. The quantitative estimate of drug-likeness (QED) is 0.799. The minimum Gasteiger partial charge on any atom is -0.304 e. The summed E-state index contributed by atoms with van der Waals surface area (Å²) in [6.07, 6.45) is -3.26. The molecule has 2 rings (SSSR count). The lowest BCUT2D eigenvalue weighted by Crippen LogP contribution is -2.44. The highest BCUT2D eigenvalue weighted by molar-refractivity contribution is 6.36. The molecule has 0 N–H and O–H groups in total. The van der Waals surface area contributed by atoms with Gasteiger partial charge in [-0.25, -0.2) is 0 Å². The molecule has 1 aliphatic rings. The van der Waals surface area contributed by atoms with Crippen LogP contribution in [0, 0.1) is 0 Å². The molecule has 0 saturated carbocycles. The van der Waals surface area contributed by atoms with Crippen molar-refractivity contribution in [1.82, 2.24) is 9.80 Å². The molecule has 0 aliphatic carbocycles. The Labute approximate surface area is 138 Å². The lowest BCUT2D eigenvalue weighted by molar-refractivity contribution is -0.137. The SMILES string of the molecule is CN1CCN(CCCc2c(Cl)ccc(C(F)(F)F)c2Cl)CC1. The molecule has 7 heteroatoms. The summed E-state index contributed by atoms with van der Waals surface area (Å²) < 4.78 is 38.6. The van der Waals surface area contributed by atoms with Gasteiger partial charge in [-0.05, 0) is 44.1 Å². The van der Waals surface area contributed by atoms with E-state index < -0.39 is 11.7 Å². The van der Waals surface area contributed by atoms with Crippen molar-refractivity contribution in [2.24, 2.45) is 0 Å². The second kappa shape index (κ2) is 7.39. The van der Waals surface area contributed by atoms with E-state index in [2.05, 4.69) is 16.8 Å². The van der Waals surface area contributed by atoms with Gasteiger partial charge in [0.1, 0.15) is 0 Å². The predicted octanol–water partition coefficient (Wildman–Crippen LogP) is 4.19. The Morgan fingerprint density at radius 2 is 1.73 bits per heavy atom. The zero-order valence-electron chi connectivity index (χ0n) is 12.4. The van der Waals surface area contributed by atoms with Gasteiger partial charge in [0.05, 0.1) is 10.6 Å². The highest BCUT2D eigenvalue weighted by Gasteiger charge is 2.34. The van der Waals surface area contributed by atoms with Crippen LogP contribution < -0.4 is 0 Å². The molecule has 0 bridgehead atoms. The summed E-state index contributed by atoms with van der Waals surface area (Å²) >= 11 is 11.9. The van der Waals surface area contributed by atoms with Crippen LogP contribution in [0.15, 0.2) is 12.1 Å². The average Bonchev–Trinajstić information content (AvgIpc) is 2.43. The second-order valence-corrected chi connectivity index (χ2v) is 6.42. The molecule has 1 heterocycles. The van der Waals surface area contributed by atoms with Gasteiger partial charge in [-0.1, -0.05) is 23.2 Å². The molecule has 1 aromatic carbocycles. The zero-order valence-corrected chi connectivity index (χ0v) is 13.9. The third-order valence-electron chi connectivity index (χ3n) is 3.99. The van der Waals surface area contributed by atoms with Crippen LogP contribution in [0.4, 0.5) is 13.2 Å².